The van der Waals surface area contributed by atoms with E-state index in [-0.39, 0.29) is 12.8 Å². The van der Waals surface area contributed by atoms with Crippen molar-refractivity contribution in [3.05, 3.63) is 70.3 Å². The molecule has 3 N–H and O–H groups in total. The Kier molecular flexibility index (Phi) is 12.4. The van der Waals surface area contributed by atoms with E-state index >= 15 is 0 Å². The van der Waals surface area contributed by atoms with E-state index < -0.39 is 22.6 Å². The van der Waals surface area contributed by atoms with Crippen molar-refractivity contribution in [3.63, 3.8) is 0 Å². The van der Waals surface area contributed by atoms with Gasteiger partial charge < -0.3 is 15.7 Å². The summed E-state index contributed by atoms with van der Waals surface area (Å²) in [5.41, 5.74) is 0.894. The molecule has 0 fully saturated rings. The predicted molar refractivity (Wildman–Crippen MR) is 119 cm³/mol. The van der Waals surface area contributed by atoms with Crippen LogP contribution in [0.15, 0.2) is 54.6 Å². The first-order valence-corrected chi connectivity index (χ1v) is 9.70. The number of hydrogen-bond donors (Lipinski definition) is 3. The highest BCUT2D eigenvalue weighted by atomic mass is 19.4. The molecule has 0 spiro atoms. The Labute approximate surface area is 190 Å². The molecule has 0 bridgehead atoms. The number of rotatable bonds is 6. The van der Waals surface area contributed by atoms with E-state index in [1.165, 1.54) is 13.8 Å². The maximum atomic E-state index is 12.2. The van der Waals surface area contributed by atoms with Crippen LogP contribution < -0.4 is 10.6 Å². The summed E-state index contributed by atoms with van der Waals surface area (Å²) >= 11 is 0. The molecule has 1 atom stereocenters. The van der Waals surface area contributed by atoms with E-state index in [0.717, 1.165) is 18.3 Å². The monoisotopic (exact) mass is 471 g/mol. The number of anilines is 2. The fourth-order valence-corrected chi connectivity index (χ4v) is 2.25. The molecule has 2 aromatic carbocycles. The second-order valence-corrected chi connectivity index (χ2v) is 7.19. The number of aliphatic hydroxyl groups is 1. The Bertz CT molecular complexity index is 876. The van der Waals surface area contributed by atoms with Crippen LogP contribution in [0.2, 0.25) is 0 Å². The van der Waals surface area contributed by atoms with Crippen LogP contribution in [0, 0.1) is 10.1 Å². The Morgan fingerprint density at radius 1 is 0.970 bits per heavy atom. The third kappa shape index (κ3) is 16.8. The lowest BCUT2D eigenvalue weighted by molar-refractivity contribution is -0.445. The zero-order valence-corrected chi connectivity index (χ0v) is 18.8. The highest BCUT2D eigenvalue weighted by molar-refractivity contribution is 5.96. The molecule has 182 valence electrons. The minimum Gasteiger partial charge on any atom is -0.380 e. The van der Waals surface area contributed by atoms with Gasteiger partial charge in [-0.3, -0.25) is 19.7 Å². The van der Waals surface area contributed by atoms with Gasteiger partial charge in [0.1, 0.15) is 5.60 Å². The van der Waals surface area contributed by atoms with Gasteiger partial charge in [0, 0.05) is 30.1 Å². The van der Waals surface area contributed by atoms with E-state index in [4.69, 9.17) is 10.1 Å². The number of alkyl halides is 3. The lowest BCUT2D eigenvalue weighted by atomic mass is 9.95. The van der Waals surface area contributed by atoms with Crippen molar-refractivity contribution >= 4 is 23.2 Å². The van der Waals surface area contributed by atoms with Crippen molar-refractivity contribution < 1.29 is 32.8 Å². The van der Waals surface area contributed by atoms with Crippen molar-refractivity contribution in [1.29, 1.82) is 0 Å². The average Bonchev–Trinajstić information content (AvgIpc) is 2.66. The molecule has 33 heavy (non-hydrogen) atoms. The molecule has 11 heteroatoms. The van der Waals surface area contributed by atoms with Crippen molar-refractivity contribution in [2.75, 3.05) is 17.7 Å². The van der Waals surface area contributed by atoms with E-state index in [2.05, 4.69) is 10.6 Å². The molecule has 0 saturated heterocycles. The maximum absolute atomic E-state index is 12.2. The zero-order chi connectivity index (χ0) is 25.7. The van der Waals surface area contributed by atoms with E-state index in [9.17, 15) is 27.9 Å². The number of carbonyl (C=O) groups is 2. The van der Waals surface area contributed by atoms with Gasteiger partial charge in [0.15, 0.2) is 7.05 Å². The van der Waals surface area contributed by atoms with Crippen LogP contribution in [-0.4, -0.2) is 40.7 Å². The number of benzene rings is 2. The van der Waals surface area contributed by atoms with Gasteiger partial charge in [-0.2, -0.15) is 13.2 Å². The fraction of sp³-hybridized carbons (Fsp3) is 0.364. The van der Waals surface area contributed by atoms with Gasteiger partial charge in [-0.15, -0.1) is 0 Å². The number of nitrogens with zero attached hydrogens (tertiary/aromatic N) is 1. The van der Waals surface area contributed by atoms with Gasteiger partial charge in [-0.05, 0) is 49.6 Å². The highest BCUT2D eigenvalue weighted by Gasteiger charge is 2.29. The summed E-state index contributed by atoms with van der Waals surface area (Å²) in [6, 6.07) is 16.4. The number of carbonyl (C=O) groups excluding carboxylic acids is 2. The predicted octanol–water partition coefficient (Wildman–Crippen LogP) is 4.43. The first-order chi connectivity index (χ1) is 15.1. The van der Waals surface area contributed by atoms with Crippen LogP contribution in [0.5, 0.6) is 0 Å². The molecule has 0 radical (unpaired) electrons. The fourth-order valence-electron chi connectivity index (χ4n) is 2.25. The lowest BCUT2D eigenvalue weighted by Gasteiger charge is -2.22. The first kappa shape index (κ1) is 29.5. The van der Waals surface area contributed by atoms with Crippen LogP contribution in [0.3, 0.4) is 0 Å². The highest BCUT2D eigenvalue weighted by Crippen LogP contribution is 2.18. The van der Waals surface area contributed by atoms with Gasteiger partial charge >= 0.3 is 6.18 Å². The molecule has 2 rings (SSSR count). The molecular weight excluding hydrogens is 443 g/mol. The van der Waals surface area contributed by atoms with Gasteiger partial charge in [0.25, 0.3) is 5.91 Å². The summed E-state index contributed by atoms with van der Waals surface area (Å²) in [5.74, 6) is -0.549. The molecule has 0 aliphatic carbocycles. The quantitative estimate of drug-likeness (QED) is 0.425. The number of aryl methyl sites for hydroxylation is 1. The largest absolute Gasteiger partial charge is 0.386 e. The van der Waals surface area contributed by atoms with Crippen molar-refractivity contribution in [2.24, 2.45) is 0 Å². The first-order valence-electron chi connectivity index (χ1n) is 9.70. The third-order valence-electron chi connectivity index (χ3n) is 3.70. The van der Waals surface area contributed by atoms with Crippen molar-refractivity contribution in [1.82, 2.24) is 0 Å². The topological polar surface area (TPSA) is 122 Å². The summed E-state index contributed by atoms with van der Waals surface area (Å²) < 4.78 is 31.1. The summed E-state index contributed by atoms with van der Waals surface area (Å²) in [6.07, 6.45) is -3.15. The van der Waals surface area contributed by atoms with E-state index in [1.807, 2.05) is 30.3 Å². The molecule has 8 nitrogen and oxygen atoms in total. The SMILES string of the molecule is CC(=O)Nc1ccc(CCC(C)(O)C(=O)Nc2ccccc2)cc1.CC(F)(F)F.C[N+](=O)[O-]. The van der Waals surface area contributed by atoms with Gasteiger partial charge in [0.2, 0.25) is 5.91 Å². The summed E-state index contributed by atoms with van der Waals surface area (Å²) in [5, 5.41) is 24.6. The molecular formula is C22H28F3N3O5. The normalized spacial score (nSPS) is 12.0. The number of halogens is 3. The van der Waals surface area contributed by atoms with E-state index in [0.29, 0.717) is 18.5 Å². The van der Waals surface area contributed by atoms with Crippen molar-refractivity contribution in [2.45, 2.75) is 45.4 Å². The molecule has 0 aromatic heterocycles. The second kappa shape index (κ2) is 13.8. The van der Waals surface area contributed by atoms with Gasteiger partial charge in [0.05, 0.1) is 0 Å². The molecule has 1 unspecified atom stereocenters. The van der Waals surface area contributed by atoms with Crippen LogP contribution >= 0.6 is 0 Å². The smallest absolute Gasteiger partial charge is 0.380 e. The average molecular weight is 471 g/mol. The third-order valence-corrected chi connectivity index (χ3v) is 3.70. The molecule has 0 aliphatic rings. The molecule has 0 heterocycles. The Balaban J connectivity index is 0.000000968. The Morgan fingerprint density at radius 3 is 1.82 bits per heavy atom. The van der Waals surface area contributed by atoms with Crippen LogP contribution in [-0.2, 0) is 16.0 Å². The number of nitrogens with one attached hydrogen (secondary N) is 2. The summed E-state index contributed by atoms with van der Waals surface area (Å²) in [7, 11) is 0.889. The maximum Gasteiger partial charge on any atom is 0.386 e. The lowest BCUT2D eigenvalue weighted by Crippen LogP contribution is -2.40. The van der Waals surface area contributed by atoms with Gasteiger partial charge in [-0.1, -0.05) is 30.3 Å². The second-order valence-electron chi connectivity index (χ2n) is 7.19. The molecule has 0 aliphatic heterocycles. The number of para-hydroxylation sites is 1. The number of hydrogen-bond acceptors (Lipinski definition) is 5. The van der Waals surface area contributed by atoms with Gasteiger partial charge in [-0.25, -0.2) is 0 Å². The zero-order valence-electron chi connectivity index (χ0n) is 18.8. The molecule has 2 amide bonds. The van der Waals surface area contributed by atoms with E-state index in [1.54, 1.807) is 24.3 Å². The Hall–Kier alpha value is -3.47. The number of nitro groups is 1. The van der Waals surface area contributed by atoms with Crippen LogP contribution in [0.1, 0.15) is 32.8 Å². The summed E-state index contributed by atoms with van der Waals surface area (Å²) in [4.78, 5) is 31.5. The minimum absolute atomic E-state index is 0.122. The molecule has 0 saturated carbocycles. The number of amides is 2. The Morgan fingerprint density at radius 2 is 1.39 bits per heavy atom. The molecule has 2 aromatic rings. The standard InChI is InChI=1S/C19H22N2O3.C2H3F3.CH3NO2/c1-14(22)20-17-10-8-15(9-11-17)12-13-19(2,24)18(23)21-16-6-4-3-5-7-16;1-2(3,4)5;1-2(3)4/h3-11,24H,12-13H2,1-2H3,(H,20,22)(H,21,23);1H3;1H3. The van der Waals surface area contributed by atoms with Crippen molar-refractivity contribution in [3.8, 4) is 0 Å². The van der Waals surface area contributed by atoms with Crippen LogP contribution in [0.25, 0.3) is 0 Å². The summed E-state index contributed by atoms with van der Waals surface area (Å²) in [6.45, 7) is 3.15. The van der Waals surface area contributed by atoms with Crippen LogP contribution in [0.4, 0.5) is 24.5 Å². The minimum atomic E-state index is -4.00.